The first kappa shape index (κ1) is 18.5. The lowest BCUT2D eigenvalue weighted by Gasteiger charge is -2.18. The Bertz CT molecular complexity index is 732. The molecule has 2 aromatic carbocycles. The predicted molar refractivity (Wildman–Crippen MR) is 79.9 cm³/mol. The second-order valence-electron chi connectivity index (χ2n) is 4.99. The van der Waals surface area contributed by atoms with Gasteiger partial charge in [-0.3, -0.25) is 4.79 Å². The van der Waals surface area contributed by atoms with Crippen LogP contribution in [-0.4, -0.2) is 5.52 Å². The third kappa shape index (κ3) is 3.96. The third-order valence-electron chi connectivity index (χ3n) is 3.30. The summed E-state index contributed by atoms with van der Waals surface area (Å²) >= 11 is 0. The summed E-state index contributed by atoms with van der Waals surface area (Å²) in [7, 11) is -0.833. The van der Waals surface area contributed by atoms with Gasteiger partial charge in [0.05, 0.1) is 11.1 Å². The maximum absolute atomic E-state index is 13.1. The van der Waals surface area contributed by atoms with E-state index in [1.807, 2.05) is 0 Å². The molecule has 0 aromatic heterocycles. The molecule has 2 rings (SSSR count). The Morgan fingerprint density at radius 3 is 1.79 bits per heavy atom. The molecule has 1 atom stereocenters. The second-order valence-corrected chi connectivity index (χ2v) is 6.24. The van der Waals surface area contributed by atoms with Gasteiger partial charge in [0.15, 0.2) is 5.52 Å². The molecule has 0 aliphatic carbocycles. The average Bonchev–Trinajstić information content (AvgIpc) is 2.47. The van der Waals surface area contributed by atoms with Gasteiger partial charge < -0.3 is 0 Å². The molecule has 0 aliphatic heterocycles. The Morgan fingerprint density at radius 1 is 0.833 bits per heavy atom. The molecule has 0 spiro atoms. The van der Waals surface area contributed by atoms with Crippen molar-refractivity contribution in [3.8, 4) is 0 Å². The molecule has 0 bridgehead atoms. The first-order chi connectivity index (χ1) is 11.0. The van der Waals surface area contributed by atoms with Crippen LogP contribution in [0.5, 0.6) is 0 Å². The molecule has 0 N–H and O–H groups in total. The van der Waals surface area contributed by atoms with Crippen LogP contribution in [0, 0.1) is 6.92 Å². The minimum absolute atomic E-state index is 0.410. The summed E-state index contributed by atoms with van der Waals surface area (Å²) in [6.07, 6.45) is -10.1. The zero-order valence-electron chi connectivity index (χ0n) is 12.2. The smallest absolute Gasteiger partial charge is 0.289 e. The van der Waals surface area contributed by atoms with Crippen molar-refractivity contribution in [2.45, 2.75) is 19.3 Å². The minimum Gasteiger partial charge on any atom is -0.289 e. The third-order valence-corrected chi connectivity index (χ3v) is 4.60. The number of alkyl halides is 6. The quantitative estimate of drug-likeness (QED) is 0.542. The van der Waals surface area contributed by atoms with Crippen LogP contribution < -0.4 is 5.30 Å². The molecule has 0 saturated heterocycles. The van der Waals surface area contributed by atoms with E-state index in [-0.39, 0.29) is 0 Å². The van der Waals surface area contributed by atoms with Gasteiger partial charge in [-0.15, -0.1) is 0 Å². The summed E-state index contributed by atoms with van der Waals surface area (Å²) in [4.78, 5) is 12.3. The molecule has 24 heavy (non-hydrogen) atoms. The number of hydrogen-bond acceptors (Lipinski definition) is 1. The van der Waals surface area contributed by atoms with Crippen LogP contribution in [0.2, 0.25) is 0 Å². The molecule has 0 heterocycles. The minimum atomic E-state index is -5.05. The zero-order chi connectivity index (χ0) is 18.1. The van der Waals surface area contributed by atoms with E-state index in [0.717, 1.165) is 0 Å². The van der Waals surface area contributed by atoms with Gasteiger partial charge >= 0.3 is 12.4 Å². The van der Waals surface area contributed by atoms with E-state index in [4.69, 9.17) is 0 Å². The maximum atomic E-state index is 13.1. The first-order valence-electron chi connectivity index (χ1n) is 6.66. The van der Waals surface area contributed by atoms with Crippen LogP contribution in [0.1, 0.15) is 27.0 Å². The summed E-state index contributed by atoms with van der Waals surface area (Å²) in [6.45, 7) is 1.63. The average molecular weight is 364 g/mol. The molecule has 0 amide bonds. The van der Waals surface area contributed by atoms with Crippen molar-refractivity contribution in [1.29, 1.82) is 0 Å². The van der Waals surface area contributed by atoms with Gasteiger partial charge in [0.2, 0.25) is 0 Å². The van der Waals surface area contributed by atoms with E-state index in [0.29, 0.717) is 29.1 Å². The number of hydrogen-bond donors (Lipinski definition) is 0. The van der Waals surface area contributed by atoms with E-state index >= 15 is 0 Å². The summed E-state index contributed by atoms with van der Waals surface area (Å²) < 4.78 is 78.5. The molecule has 1 unspecified atom stereocenters. The van der Waals surface area contributed by atoms with Crippen molar-refractivity contribution in [1.82, 2.24) is 0 Å². The number of aryl methyl sites for hydroxylation is 1. The Hall–Kier alpha value is -1.88. The molecule has 0 saturated carbocycles. The largest absolute Gasteiger partial charge is 0.417 e. The number of carbonyl (C=O) groups is 1. The number of carbonyl (C=O) groups excluding carboxylic acids is 1. The molecule has 128 valence electrons. The van der Waals surface area contributed by atoms with Crippen molar-refractivity contribution in [3.63, 3.8) is 0 Å². The van der Waals surface area contributed by atoms with Crippen LogP contribution in [-0.2, 0) is 12.4 Å². The summed E-state index contributed by atoms with van der Waals surface area (Å²) in [5.41, 5.74) is -5.02. The summed E-state index contributed by atoms with van der Waals surface area (Å²) in [5.74, 6) is 0. The highest BCUT2D eigenvalue weighted by molar-refractivity contribution is 7.66. The predicted octanol–water partition coefficient (Wildman–Crippen LogP) is 5.18. The Morgan fingerprint density at radius 2 is 1.33 bits per heavy atom. The highest BCUT2D eigenvalue weighted by Crippen LogP contribution is 2.41. The number of benzene rings is 2. The normalized spacial score (nSPS) is 12.8. The van der Waals surface area contributed by atoms with E-state index in [9.17, 15) is 31.1 Å². The highest BCUT2D eigenvalue weighted by Gasteiger charge is 2.42. The Balaban J connectivity index is 2.58. The van der Waals surface area contributed by atoms with Crippen molar-refractivity contribution >= 4 is 19.4 Å². The van der Waals surface area contributed by atoms with Gasteiger partial charge in [0.1, 0.15) is 0 Å². The van der Waals surface area contributed by atoms with Crippen LogP contribution in [0.3, 0.4) is 0 Å². The van der Waals surface area contributed by atoms with E-state index in [1.54, 1.807) is 25.1 Å². The van der Waals surface area contributed by atoms with Gasteiger partial charge in [0, 0.05) is 5.56 Å². The lowest BCUT2D eigenvalue weighted by Crippen LogP contribution is -2.19. The molecule has 0 aliphatic rings. The monoisotopic (exact) mass is 364 g/mol. The van der Waals surface area contributed by atoms with Gasteiger partial charge in [-0.2, -0.15) is 26.3 Å². The van der Waals surface area contributed by atoms with Gasteiger partial charge in [-0.1, -0.05) is 30.3 Å². The molecule has 0 fully saturated rings. The van der Waals surface area contributed by atoms with Gasteiger partial charge in [-0.05, 0) is 38.5 Å². The fourth-order valence-electron chi connectivity index (χ4n) is 2.17. The molecular weight excluding hydrogens is 353 g/mol. The summed E-state index contributed by atoms with van der Waals surface area (Å²) in [5, 5.41) is 0.410. The van der Waals surface area contributed by atoms with Crippen molar-refractivity contribution in [2.24, 2.45) is 0 Å². The standard InChI is InChI=1S/C16H11F6OP/c1-9-5-2-3-8-12(9)24-14(23)13-10(15(17,18)19)6-4-7-11(13)16(20,21)22/h2-8,24H,1H3. The zero-order valence-corrected chi connectivity index (χ0v) is 13.2. The van der Waals surface area contributed by atoms with E-state index < -0.39 is 43.1 Å². The van der Waals surface area contributed by atoms with Crippen LogP contribution in [0.15, 0.2) is 42.5 Å². The maximum Gasteiger partial charge on any atom is 0.417 e. The fourth-order valence-corrected chi connectivity index (χ4v) is 3.27. The molecule has 1 nitrogen and oxygen atoms in total. The number of halogens is 6. The van der Waals surface area contributed by atoms with Crippen LogP contribution >= 0.6 is 8.58 Å². The van der Waals surface area contributed by atoms with Crippen LogP contribution in [0.25, 0.3) is 0 Å². The summed E-state index contributed by atoms with van der Waals surface area (Å²) in [6, 6.07) is 8.02. The van der Waals surface area contributed by atoms with Gasteiger partial charge in [0.25, 0.3) is 0 Å². The Labute approximate surface area is 135 Å². The van der Waals surface area contributed by atoms with Gasteiger partial charge in [-0.25, -0.2) is 0 Å². The highest BCUT2D eigenvalue weighted by atomic mass is 31.1. The molecule has 8 heteroatoms. The van der Waals surface area contributed by atoms with Crippen molar-refractivity contribution in [3.05, 3.63) is 64.7 Å². The Kier molecular flexibility index (Phi) is 5.04. The van der Waals surface area contributed by atoms with Crippen molar-refractivity contribution in [2.75, 3.05) is 0 Å². The lowest BCUT2D eigenvalue weighted by atomic mass is 10.0. The topological polar surface area (TPSA) is 17.1 Å². The lowest BCUT2D eigenvalue weighted by molar-refractivity contribution is -0.143. The number of rotatable bonds is 3. The van der Waals surface area contributed by atoms with Crippen molar-refractivity contribution < 1.29 is 31.1 Å². The first-order valence-corrected chi connectivity index (χ1v) is 7.66. The SMILES string of the molecule is Cc1ccccc1PC(=O)c1c(C(F)(F)F)cccc1C(F)(F)F. The fraction of sp³-hybridized carbons (Fsp3) is 0.188. The molecule has 2 aromatic rings. The molecule has 0 radical (unpaired) electrons. The van der Waals surface area contributed by atoms with Crippen LogP contribution in [0.4, 0.5) is 26.3 Å². The molecular formula is C16H11F6OP. The second kappa shape index (κ2) is 6.55. The van der Waals surface area contributed by atoms with E-state index in [2.05, 4.69) is 0 Å². The van der Waals surface area contributed by atoms with E-state index in [1.165, 1.54) is 6.07 Å².